The van der Waals surface area contributed by atoms with Crippen LogP contribution in [0.25, 0.3) is 0 Å². The maximum absolute atomic E-state index is 13.7. The quantitative estimate of drug-likeness (QED) is 0.892. The largest absolute Gasteiger partial charge is 0.392 e. The molecule has 2 fully saturated rings. The Bertz CT molecular complexity index is 497. The van der Waals surface area contributed by atoms with Gasteiger partial charge in [-0.05, 0) is 31.5 Å². The van der Waals surface area contributed by atoms with Crippen LogP contribution in [0.2, 0.25) is 0 Å². The molecule has 0 bridgehead atoms. The maximum atomic E-state index is 13.7. The highest BCUT2D eigenvalue weighted by atomic mass is 19.1. The third-order valence-electron chi connectivity index (χ3n) is 4.45. The van der Waals surface area contributed by atoms with E-state index in [0.717, 1.165) is 32.1 Å². The molecular formula is C15H20F2N2O. The number of fused-ring (bicyclic) bond motifs is 1. The molecule has 0 radical (unpaired) electrons. The molecule has 0 aliphatic carbocycles. The maximum Gasteiger partial charge on any atom is 0.127 e. The number of benzene rings is 1. The van der Waals surface area contributed by atoms with Gasteiger partial charge < -0.3 is 5.11 Å². The van der Waals surface area contributed by atoms with Crippen LogP contribution in [-0.4, -0.2) is 52.7 Å². The van der Waals surface area contributed by atoms with E-state index in [9.17, 15) is 13.9 Å². The van der Waals surface area contributed by atoms with E-state index in [2.05, 4.69) is 16.7 Å². The Balaban J connectivity index is 1.72. The fraction of sp³-hybridized carbons (Fsp3) is 0.600. The van der Waals surface area contributed by atoms with Crippen molar-refractivity contribution in [2.45, 2.75) is 38.1 Å². The van der Waals surface area contributed by atoms with Crippen molar-refractivity contribution in [2.24, 2.45) is 0 Å². The Morgan fingerprint density at radius 2 is 2.05 bits per heavy atom. The number of nitrogens with zero attached hydrogens (tertiary/aromatic N) is 2. The molecule has 2 heterocycles. The third-order valence-corrected chi connectivity index (χ3v) is 4.45. The minimum Gasteiger partial charge on any atom is -0.392 e. The van der Waals surface area contributed by atoms with Gasteiger partial charge in [0.05, 0.1) is 6.10 Å². The van der Waals surface area contributed by atoms with E-state index in [1.165, 1.54) is 12.1 Å². The molecule has 5 heteroatoms. The highest BCUT2D eigenvalue weighted by molar-refractivity contribution is 5.19. The van der Waals surface area contributed by atoms with Gasteiger partial charge in [0.2, 0.25) is 0 Å². The summed E-state index contributed by atoms with van der Waals surface area (Å²) in [6, 6.07) is 4.22. The van der Waals surface area contributed by atoms with Crippen LogP contribution in [0.4, 0.5) is 8.78 Å². The van der Waals surface area contributed by atoms with Gasteiger partial charge in [-0.25, -0.2) is 8.78 Å². The lowest BCUT2D eigenvalue weighted by Gasteiger charge is -2.42. The van der Waals surface area contributed by atoms with Gasteiger partial charge >= 0.3 is 0 Å². The summed E-state index contributed by atoms with van der Waals surface area (Å²) in [5.41, 5.74) is 0.406. The van der Waals surface area contributed by atoms with Gasteiger partial charge in [0.15, 0.2) is 0 Å². The fourth-order valence-corrected chi connectivity index (χ4v) is 3.38. The first-order chi connectivity index (χ1) is 9.52. The molecule has 3 rings (SSSR count). The summed E-state index contributed by atoms with van der Waals surface area (Å²) in [4.78, 5) is 4.48. The van der Waals surface area contributed by atoms with Crippen molar-refractivity contribution in [3.8, 4) is 0 Å². The van der Waals surface area contributed by atoms with Crippen molar-refractivity contribution in [2.75, 3.05) is 19.6 Å². The summed E-state index contributed by atoms with van der Waals surface area (Å²) in [7, 11) is 0. The molecule has 1 aromatic rings. The van der Waals surface area contributed by atoms with Gasteiger partial charge in [-0.2, -0.15) is 0 Å². The van der Waals surface area contributed by atoms with Crippen molar-refractivity contribution >= 4 is 0 Å². The van der Waals surface area contributed by atoms with E-state index in [0.29, 0.717) is 18.2 Å². The standard InChI is InChI=1S/C15H20F2N2O/c1-10-6-19-9-14(20)5-13(19)8-18(10)7-11-4-12(16)2-3-15(11)17/h2-4,10,13-14,20H,5-9H2,1H3/t10-,13-,14-/m1/s1. The minimum atomic E-state index is -0.399. The highest BCUT2D eigenvalue weighted by Crippen LogP contribution is 2.26. The lowest BCUT2D eigenvalue weighted by atomic mass is 10.1. The number of aliphatic hydroxyl groups excluding tert-OH is 1. The second-order valence-electron chi connectivity index (χ2n) is 6.01. The number of hydrogen-bond donors (Lipinski definition) is 1. The van der Waals surface area contributed by atoms with E-state index < -0.39 is 5.82 Å². The van der Waals surface area contributed by atoms with Crippen LogP contribution in [0.3, 0.4) is 0 Å². The predicted octanol–water partition coefficient (Wildman–Crippen LogP) is 1.60. The average Bonchev–Trinajstić information content (AvgIpc) is 2.73. The Hall–Kier alpha value is -1.04. The smallest absolute Gasteiger partial charge is 0.127 e. The van der Waals surface area contributed by atoms with Gasteiger partial charge in [0.25, 0.3) is 0 Å². The molecule has 1 aromatic carbocycles. The highest BCUT2D eigenvalue weighted by Gasteiger charge is 2.38. The molecule has 0 saturated carbocycles. The SMILES string of the molecule is C[C@@H]1CN2C[C@H](O)C[C@@H]2CN1Cc1cc(F)ccc1F. The molecule has 0 amide bonds. The van der Waals surface area contributed by atoms with Crippen molar-refractivity contribution in [1.82, 2.24) is 9.80 Å². The topological polar surface area (TPSA) is 26.7 Å². The second-order valence-corrected chi connectivity index (χ2v) is 6.01. The van der Waals surface area contributed by atoms with Crippen molar-refractivity contribution < 1.29 is 13.9 Å². The van der Waals surface area contributed by atoms with Crippen LogP contribution in [0.15, 0.2) is 18.2 Å². The first-order valence-electron chi connectivity index (χ1n) is 7.13. The lowest BCUT2D eigenvalue weighted by Crippen LogP contribution is -2.54. The summed E-state index contributed by atoms with van der Waals surface area (Å²) in [6.45, 7) is 4.92. The van der Waals surface area contributed by atoms with E-state index in [1.807, 2.05) is 0 Å². The van der Waals surface area contributed by atoms with Crippen molar-refractivity contribution in [3.05, 3.63) is 35.4 Å². The van der Waals surface area contributed by atoms with Crippen LogP contribution in [-0.2, 0) is 6.54 Å². The van der Waals surface area contributed by atoms with Crippen molar-refractivity contribution in [3.63, 3.8) is 0 Å². The number of halogens is 2. The van der Waals surface area contributed by atoms with Crippen LogP contribution < -0.4 is 0 Å². The van der Waals surface area contributed by atoms with Crippen LogP contribution in [0, 0.1) is 11.6 Å². The summed E-state index contributed by atoms with van der Waals surface area (Å²) in [6.07, 6.45) is 0.521. The summed E-state index contributed by atoms with van der Waals surface area (Å²) < 4.78 is 27.0. The first kappa shape index (κ1) is 13.9. The molecule has 1 N–H and O–H groups in total. The number of piperazine rings is 1. The fourth-order valence-electron chi connectivity index (χ4n) is 3.38. The molecule has 2 saturated heterocycles. The molecule has 2 aliphatic heterocycles. The molecule has 0 aromatic heterocycles. The summed E-state index contributed by atoms with van der Waals surface area (Å²) in [5.74, 6) is -0.753. The van der Waals surface area contributed by atoms with Crippen molar-refractivity contribution in [1.29, 1.82) is 0 Å². The van der Waals surface area contributed by atoms with Gasteiger partial charge in [-0.1, -0.05) is 0 Å². The molecule has 110 valence electrons. The van der Waals surface area contributed by atoms with E-state index in [-0.39, 0.29) is 18.0 Å². The lowest BCUT2D eigenvalue weighted by molar-refractivity contribution is 0.0521. The predicted molar refractivity (Wildman–Crippen MR) is 72.2 cm³/mol. The molecule has 0 unspecified atom stereocenters. The number of hydrogen-bond acceptors (Lipinski definition) is 3. The average molecular weight is 282 g/mol. The Morgan fingerprint density at radius 1 is 1.25 bits per heavy atom. The zero-order valence-corrected chi connectivity index (χ0v) is 11.6. The first-order valence-corrected chi connectivity index (χ1v) is 7.13. The second kappa shape index (κ2) is 5.39. The van der Waals surface area contributed by atoms with E-state index in [1.54, 1.807) is 0 Å². The van der Waals surface area contributed by atoms with E-state index in [4.69, 9.17) is 0 Å². The molecule has 20 heavy (non-hydrogen) atoms. The van der Waals surface area contributed by atoms with Crippen LogP contribution in [0.1, 0.15) is 18.9 Å². The molecular weight excluding hydrogens is 262 g/mol. The Morgan fingerprint density at radius 3 is 2.85 bits per heavy atom. The van der Waals surface area contributed by atoms with Gasteiger partial charge in [0, 0.05) is 43.8 Å². The molecule has 0 spiro atoms. The number of aliphatic hydroxyl groups is 1. The van der Waals surface area contributed by atoms with Gasteiger partial charge in [0.1, 0.15) is 11.6 Å². The Kier molecular flexibility index (Phi) is 3.75. The molecule has 2 aliphatic rings. The zero-order chi connectivity index (χ0) is 14.3. The summed E-state index contributed by atoms with van der Waals surface area (Å²) >= 11 is 0. The van der Waals surface area contributed by atoms with Crippen LogP contribution in [0.5, 0.6) is 0 Å². The summed E-state index contributed by atoms with van der Waals surface area (Å²) in [5, 5.41) is 9.73. The monoisotopic (exact) mass is 282 g/mol. The normalized spacial score (nSPS) is 31.5. The molecule has 3 nitrogen and oxygen atoms in total. The minimum absolute atomic E-state index is 0.252. The zero-order valence-electron chi connectivity index (χ0n) is 11.6. The third kappa shape index (κ3) is 2.71. The Labute approximate surface area is 117 Å². The van der Waals surface area contributed by atoms with E-state index >= 15 is 0 Å². The van der Waals surface area contributed by atoms with Crippen LogP contribution >= 0.6 is 0 Å². The molecule has 3 atom stereocenters. The van der Waals surface area contributed by atoms with Gasteiger partial charge in [-0.15, -0.1) is 0 Å². The number of rotatable bonds is 2. The van der Waals surface area contributed by atoms with Gasteiger partial charge in [-0.3, -0.25) is 9.80 Å².